The van der Waals surface area contributed by atoms with Gasteiger partial charge < -0.3 is 25.7 Å². The molecule has 10 nitrogen and oxygen atoms in total. The van der Waals surface area contributed by atoms with Crippen LogP contribution in [0.4, 0.5) is 10.6 Å². The van der Waals surface area contributed by atoms with Crippen LogP contribution in [0.15, 0.2) is 30.3 Å². The van der Waals surface area contributed by atoms with Crippen LogP contribution in [0.5, 0.6) is 5.75 Å². The van der Waals surface area contributed by atoms with Crippen molar-refractivity contribution in [2.75, 3.05) is 38.5 Å². The number of fused-ring (bicyclic) bond motifs is 1. The summed E-state index contributed by atoms with van der Waals surface area (Å²) in [7, 11) is 0. The number of nitrogen functional groups attached to an aromatic ring is 1. The van der Waals surface area contributed by atoms with Gasteiger partial charge in [-0.1, -0.05) is 32.0 Å². The third-order valence-electron chi connectivity index (χ3n) is 8.10. The average molecular weight is 508 g/mol. The largest absolute Gasteiger partial charge is 0.508 e. The van der Waals surface area contributed by atoms with Crippen molar-refractivity contribution in [2.45, 2.75) is 57.4 Å². The molecule has 2 aliphatic heterocycles. The van der Waals surface area contributed by atoms with Gasteiger partial charge in [-0.15, -0.1) is 5.10 Å². The zero-order chi connectivity index (χ0) is 26.2. The second-order valence-corrected chi connectivity index (χ2v) is 11.2. The van der Waals surface area contributed by atoms with E-state index in [1.807, 2.05) is 22.9 Å². The Balaban J connectivity index is 1.27. The van der Waals surface area contributed by atoms with Gasteiger partial charge in [-0.25, -0.2) is 4.79 Å². The number of rotatable bonds is 6. The summed E-state index contributed by atoms with van der Waals surface area (Å²) < 4.78 is 2.04. The third-order valence-corrected chi connectivity index (χ3v) is 8.10. The van der Waals surface area contributed by atoms with Crippen LogP contribution in [0.2, 0.25) is 0 Å². The number of nitrogens with zero attached hydrogens (tertiary/aromatic N) is 6. The lowest BCUT2D eigenvalue weighted by Crippen LogP contribution is -2.43. The molecule has 0 aliphatic carbocycles. The Bertz CT molecular complexity index is 1260. The van der Waals surface area contributed by atoms with E-state index in [1.165, 1.54) is 4.90 Å². The van der Waals surface area contributed by atoms with Crippen molar-refractivity contribution in [2.24, 2.45) is 5.92 Å². The zero-order valence-electron chi connectivity index (χ0n) is 21.7. The second-order valence-electron chi connectivity index (χ2n) is 11.2. The Hall–Kier alpha value is -3.40. The number of aromatic nitrogens is 4. The molecule has 0 unspecified atom stereocenters. The summed E-state index contributed by atoms with van der Waals surface area (Å²) in [6.07, 6.45) is 3.65. The van der Waals surface area contributed by atoms with E-state index in [2.05, 4.69) is 40.1 Å². The Morgan fingerprint density at radius 2 is 1.78 bits per heavy atom. The molecule has 10 heteroatoms. The molecule has 3 aromatic rings. The van der Waals surface area contributed by atoms with Crippen LogP contribution in [-0.2, 0) is 11.8 Å². The van der Waals surface area contributed by atoms with Gasteiger partial charge in [0.1, 0.15) is 5.75 Å². The van der Waals surface area contributed by atoms with Crippen molar-refractivity contribution in [3.63, 3.8) is 0 Å². The van der Waals surface area contributed by atoms with Crippen LogP contribution in [-0.4, -0.2) is 78.8 Å². The Kier molecular flexibility index (Phi) is 6.94. The first-order valence-corrected chi connectivity index (χ1v) is 13.2. The van der Waals surface area contributed by atoms with Crippen LogP contribution in [0.25, 0.3) is 11.0 Å². The molecular formula is C27H37N7O3. The van der Waals surface area contributed by atoms with Crippen LogP contribution < -0.4 is 5.73 Å². The lowest BCUT2D eigenvalue weighted by atomic mass is 9.82. The molecule has 1 aromatic carbocycles. The molecule has 0 bridgehead atoms. The SMILES string of the molecule is CC(C)(Cc1ccccc1O)c1cc2c(nn1)c(N)nn2C1CCN(CC2CCN(C(=O)O)CC2)CC1. The minimum atomic E-state index is -0.806. The topological polar surface area (TPSA) is 134 Å². The summed E-state index contributed by atoms with van der Waals surface area (Å²) in [6.45, 7) is 8.48. The van der Waals surface area contributed by atoms with Crippen molar-refractivity contribution in [3.8, 4) is 5.75 Å². The number of nitrogens with two attached hydrogens (primary N) is 1. The summed E-state index contributed by atoms with van der Waals surface area (Å²) in [5.74, 6) is 1.25. The summed E-state index contributed by atoms with van der Waals surface area (Å²) in [6, 6.07) is 9.71. The lowest BCUT2D eigenvalue weighted by Gasteiger charge is -2.37. The van der Waals surface area contributed by atoms with Gasteiger partial charge in [-0.3, -0.25) is 4.68 Å². The van der Waals surface area contributed by atoms with Crippen molar-refractivity contribution in [3.05, 3.63) is 41.6 Å². The highest BCUT2D eigenvalue weighted by atomic mass is 16.4. The molecule has 37 heavy (non-hydrogen) atoms. The van der Waals surface area contributed by atoms with Crippen LogP contribution in [0.1, 0.15) is 56.8 Å². The first-order chi connectivity index (χ1) is 17.7. The fraction of sp³-hybridized carbons (Fsp3) is 0.556. The van der Waals surface area contributed by atoms with Gasteiger partial charge in [-0.2, -0.15) is 10.2 Å². The minimum Gasteiger partial charge on any atom is -0.508 e. The van der Waals surface area contributed by atoms with Gasteiger partial charge in [0.25, 0.3) is 0 Å². The first-order valence-electron chi connectivity index (χ1n) is 13.2. The number of piperidine rings is 2. The Morgan fingerprint density at radius 1 is 1.08 bits per heavy atom. The summed E-state index contributed by atoms with van der Waals surface area (Å²) in [5.41, 5.74) is 9.17. The smallest absolute Gasteiger partial charge is 0.407 e. The van der Waals surface area contributed by atoms with Gasteiger partial charge in [0.2, 0.25) is 0 Å². The summed E-state index contributed by atoms with van der Waals surface area (Å²) in [5, 5.41) is 33.1. The number of anilines is 1. The van der Waals surface area contributed by atoms with Gasteiger partial charge in [0, 0.05) is 38.1 Å². The van der Waals surface area contributed by atoms with E-state index in [0.717, 1.165) is 62.1 Å². The maximum Gasteiger partial charge on any atom is 0.407 e. The first kappa shape index (κ1) is 25.3. The molecule has 1 amide bonds. The quantitative estimate of drug-likeness (QED) is 0.460. The fourth-order valence-corrected chi connectivity index (χ4v) is 5.81. The second kappa shape index (κ2) is 10.2. The number of hydrogen-bond donors (Lipinski definition) is 3. The van der Waals surface area contributed by atoms with Gasteiger partial charge in [-0.05, 0) is 55.7 Å². The zero-order valence-corrected chi connectivity index (χ0v) is 21.7. The molecule has 2 aliphatic rings. The molecular weight excluding hydrogens is 470 g/mol. The van der Waals surface area contributed by atoms with Crippen LogP contribution in [0, 0.1) is 5.92 Å². The van der Waals surface area contributed by atoms with Crippen molar-refractivity contribution < 1.29 is 15.0 Å². The minimum absolute atomic E-state index is 0.239. The number of amides is 1. The predicted molar refractivity (Wildman–Crippen MR) is 142 cm³/mol. The normalized spacial score (nSPS) is 18.5. The number of phenolic OH excluding ortho intramolecular Hbond substituents is 1. The van der Waals surface area contributed by atoms with Gasteiger partial charge >= 0.3 is 6.09 Å². The molecule has 0 atom stereocenters. The van der Waals surface area contributed by atoms with E-state index in [9.17, 15) is 15.0 Å². The molecule has 0 radical (unpaired) electrons. The number of carbonyl (C=O) groups is 1. The molecule has 2 fully saturated rings. The molecule has 2 aromatic heterocycles. The number of aromatic hydroxyl groups is 1. The predicted octanol–water partition coefficient (Wildman–Crippen LogP) is 3.66. The number of benzene rings is 1. The number of hydrogen-bond acceptors (Lipinski definition) is 7. The van der Waals surface area contributed by atoms with Crippen molar-refractivity contribution in [1.29, 1.82) is 0 Å². The number of carboxylic acid groups (broad SMARTS) is 1. The van der Waals surface area contributed by atoms with Crippen molar-refractivity contribution >= 4 is 22.9 Å². The van der Waals surface area contributed by atoms with Gasteiger partial charge in [0.05, 0.1) is 17.3 Å². The maximum absolute atomic E-state index is 11.2. The van der Waals surface area contributed by atoms with Gasteiger partial charge in [0.15, 0.2) is 11.3 Å². The monoisotopic (exact) mass is 507 g/mol. The third kappa shape index (κ3) is 5.34. The summed E-state index contributed by atoms with van der Waals surface area (Å²) in [4.78, 5) is 15.2. The molecule has 4 N–H and O–H groups in total. The molecule has 198 valence electrons. The van der Waals surface area contributed by atoms with E-state index < -0.39 is 6.09 Å². The summed E-state index contributed by atoms with van der Waals surface area (Å²) >= 11 is 0. The van der Waals surface area contributed by atoms with Crippen LogP contribution in [0.3, 0.4) is 0 Å². The highest BCUT2D eigenvalue weighted by Crippen LogP contribution is 2.34. The lowest BCUT2D eigenvalue weighted by molar-refractivity contribution is 0.103. The number of likely N-dealkylation sites (tertiary alicyclic amines) is 2. The number of phenols is 1. The van der Waals surface area contributed by atoms with Crippen LogP contribution >= 0.6 is 0 Å². The van der Waals surface area contributed by atoms with E-state index in [4.69, 9.17) is 5.73 Å². The molecule has 5 rings (SSSR count). The molecule has 2 saturated heterocycles. The van der Waals surface area contributed by atoms with E-state index in [0.29, 0.717) is 36.8 Å². The highest BCUT2D eigenvalue weighted by Gasteiger charge is 2.30. The molecule has 0 spiro atoms. The Labute approximate surface area is 217 Å². The highest BCUT2D eigenvalue weighted by molar-refractivity contribution is 5.85. The molecule has 4 heterocycles. The Morgan fingerprint density at radius 3 is 2.46 bits per heavy atom. The van der Waals surface area contributed by atoms with E-state index in [-0.39, 0.29) is 17.2 Å². The van der Waals surface area contributed by atoms with E-state index >= 15 is 0 Å². The van der Waals surface area contributed by atoms with E-state index in [1.54, 1.807) is 6.07 Å². The fourth-order valence-electron chi connectivity index (χ4n) is 5.81. The maximum atomic E-state index is 11.2. The molecule has 0 saturated carbocycles. The number of para-hydroxylation sites is 1. The average Bonchev–Trinajstić information content (AvgIpc) is 3.22. The van der Waals surface area contributed by atoms with Crippen molar-refractivity contribution in [1.82, 2.24) is 29.8 Å². The standard InChI is InChI=1S/C27H37N7O3/c1-27(2,16-19-5-3-4-6-22(19)35)23-15-21-24(30-29-23)25(28)31-34(21)20-9-11-32(12-10-20)17-18-7-13-33(14-8-18)26(36)37/h3-6,15,18,20,35H,7-14,16-17H2,1-2H3,(H2,28,31)(H,36,37).